The van der Waals surface area contributed by atoms with Crippen LogP contribution in [0.3, 0.4) is 0 Å². The first-order chi connectivity index (χ1) is 6.86. The largest absolute Gasteiger partial charge is 0.356 e. The van der Waals surface area contributed by atoms with Crippen LogP contribution in [0, 0.1) is 13.8 Å². The van der Waals surface area contributed by atoms with Gasteiger partial charge in [-0.2, -0.15) is 0 Å². The molecule has 0 N–H and O–H groups in total. The summed E-state index contributed by atoms with van der Waals surface area (Å²) in [4.78, 5) is 0. The predicted molar refractivity (Wildman–Crippen MR) is 63.5 cm³/mol. The Balaban J connectivity index is 0.00000196. The number of hydrogen-bond donors (Lipinski definition) is 0. The molecule has 0 aliphatic rings. The first-order valence-electron chi connectivity index (χ1n) is 4.84. The van der Waals surface area contributed by atoms with E-state index < -0.39 is 0 Å². The fourth-order valence-electron chi connectivity index (χ4n) is 1.20. The summed E-state index contributed by atoms with van der Waals surface area (Å²) in [6, 6.07) is 10.3. The normalized spacial score (nSPS) is 11.4. The van der Waals surface area contributed by atoms with E-state index in [1.165, 1.54) is 11.1 Å². The molecule has 0 atom stereocenters. The van der Waals surface area contributed by atoms with Crippen molar-refractivity contribution in [1.29, 1.82) is 0 Å². The van der Waals surface area contributed by atoms with Crippen molar-refractivity contribution in [3.05, 3.63) is 67.5 Å². The van der Waals surface area contributed by atoms with E-state index in [4.69, 9.17) is 0 Å². The van der Waals surface area contributed by atoms with Crippen LogP contribution >= 0.6 is 0 Å². The molecule has 0 aliphatic carbocycles. The molecule has 15 heavy (non-hydrogen) atoms. The van der Waals surface area contributed by atoms with Gasteiger partial charge in [0.15, 0.2) is 0 Å². The van der Waals surface area contributed by atoms with Crippen molar-refractivity contribution in [3.8, 4) is 0 Å². The van der Waals surface area contributed by atoms with Crippen molar-refractivity contribution in [2.45, 2.75) is 12.8 Å². The molecule has 0 bridgehead atoms. The SMILES string of the molecule is [CH2-]/C=C(\C[CH2-])C/C=C\c1ccccc1.[Y]. The molecule has 0 nitrogen and oxygen atoms in total. The third kappa shape index (κ3) is 5.97. The number of rotatable bonds is 4. The minimum atomic E-state index is 0. The molecule has 0 aliphatic heterocycles. The van der Waals surface area contributed by atoms with Crippen LogP contribution in [0.25, 0.3) is 6.08 Å². The van der Waals surface area contributed by atoms with Crippen molar-refractivity contribution >= 4 is 6.08 Å². The zero-order valence-electron chi connectivity index (χ0n) is 9.02. The second kappa shape index (κ2) is 8.94. The Morgan fingerprint density at radius 2 is 1.87 bits per heavy atom. The molecule has 77 valence electrons. The van der Waals surface area contributed by atoms with E-state index in [2.05, 4.69) is 38.1 Å². The summed E-state index contributed by atoms with van der Waals surface area (Å²) in [6.07, 6.45) is 7.95. The van der Waals surface area contributed by atoms with Crippen LogP contribution in [-0.4, -0.2) is 0 Å². The average molecular weight is 273 g/mol. The fourth-order valence-corrected chi connectivity index (χ4v) is 1.20. The van der Waals surface area contributed by atoms with Crippen LogP contribution in [0.15, 0.2) is 48.1 Å². The standard InChI is InChI=1S/C14H16.Y/c1-3-13(4-2)11-8-12-14-9-6-5-7-10-14;/h3,5-10,12H,1-2,4,11H2;/q-2;/b12-8-,13-3+;. The third-order valence-corrected chi connectivity index (χ3v) is 2.10. The van der Waals surface area contributed by atoms with Gasteiger partial charge in [0.25, 0.3) is 0 Å². The Morgan fingerprint density at radius 1 is 1.20 bits per heavy atom. The average Bonchev–Trinajstić information content (AvgIpc) is 2.26. The molecule has 0 aromatic heterocycles. The number of allylic oxidation sites excluding steroid dienone is 3. The molecule has 1 aromatic rings. The van der Waals surface area contributed by atoms with Crippen molar-refractivity contribution in [3.63, 3.8) is 0 Å². The van der Waals surface area contributed by atoms with Gasteiger partial charge in [-0.25, -0.2) is 25.0 Å². The Hall–Kier alpha value is -0.326. The van der Waals surface area contributed by atoms with Gasteiger partial charge in [-0.05, 0) is 5.56 Å². The summed E-state index contributed by atoms with van der Waals surface area (Å²) in [5.41, 5.74) is 2.51. The van der Waals surface area contributed by atoms with Crippen molar-refractivity contribution < 1.29 is 32.7 Å². The van der Waals surface area contributed by atoms with Crippen molar-refractivity contribution in [2.75, 3.05) is 0 Å². The molecule has 0 spiro atoms. The van der Waals surface area contributed by atoms with Gasteiger partial charge in [-0.3, -0.25) is 0 Å². The van der Waals surface area contributed by atoms with Gasteiger partial charge in [-0.1, -0.05) is 48.9 Å². The monoisotopic (exact) mass is 273 g/mol. The fraction of sp³-hybridized carbons (Fsp3) is 0.143. The summed E-state index contributed by atoms with van der Waals surface area (Å²) < 4.78 is 0. The van der Waals surface area contributed by atoms with Gasteiger partial charge in [0.1, 0.15) is 0 Å². The Bertz CT molecular complexity index is 309. The number of hydrogen-bond acceptors (Lipinski definition) is 0. The molecule has 1 rings (SSSR count). The molecule has 0 amide bonds. The van der Waals surface area contributed by atoms with Gasteiger partial charge in [0.05, 0.1) is 0 Å². The zero-order chi connectivity index (χ0) is 10.2. The Labute approximate surface area is 118 Å². The second-order valence-corrected chi connectivity index (χ2v) is 3.13. The molecule has 0 fully saturated rings. The smallest absolute Gasteiger partial charge is 0 e. The van der Waals surface area contributed by atoms with E-state index in [1.807, 2.05) is 24.3 Å². The van der Waals surface area contributed by atoms with Crippen LogP contribution in [0.5, 0.6) is 0 Å². The van der Waals surface area contributed by atoms with E-state index in [1.54, 1.807) is 0 Å². The van der Waals surface area contributed by atoms with Crippen LogP contribution in [0.1, 0.15) is 18.4 Å². The first-order valence-corrected chi connectivity index (χ1v) is 4.84. The van der Waals surface area contributed by atoms with Crippen LogP contribution in [0.2, 0.25) is 0 Å². The summed E-state index contributed by atoms with van der Waals surface area (Å²) in [6.45, 7) is 7.59. The molecular weight excluding hydrogens is 257 g/mol. The quantitative estimate of drug-likeness (QED) is 0.725. The summed E-state index contributed by atoms with van der Waals surface area (Å²) in [5, 5.41) is 0. The third-order valence-electron chi connectivity index (χ3n) is 2.10. The van der Waals surface area contributed by atoms with Crippen molar-refractivity contribution in [1.82, 2.24) is 0 Å². The van der Waals surface area contributed by atoms with E-state index in [-0.39, 0.29) is 32.7 Å². The molecule has 0 saturated heterocycles. The van der Waals surface area contributed by atoms with Gasteiger partial charge in [-0.15, -0.1) is 0 Å². The maximum absolute atomic E-state index is 3.84. The van der Waals surface area contributed by atoms with E-state index in [0.29, 0.717) is 0 Å². The number of benzene rings is 1. The second-order valence-electron chi connectivity index (χ2n) is 3.13. The van der Waals surface area contributed by atoms with E-state index in [9.17, 15) is 0 Å². The van der Waals surface area contributed by atoms with Crippen LogP contribution in [0.4, 0.5) is 0 Å². The predicted octanol–water partition coefficient (Wildman–Crippen LogP) is 4.07. The van der Waals surface area contributed by atoms with Gasteiger partial charge in [0, 0.05) is 32.7 Å². The molecule has 0 heterocycles. The van der Waals surface area contributed by atoms with Gasteiger partial charge < -0.3 is 6.92 Å². The van der Waals surface area contributed by atoms with Crippen LogP contribution < -0.4 is 0 Å². The maximum atomic E-state index is 3.84. The van der Waals surface area contributed by atoms with Gasteiger partial charge >= 0.3 is 0 Å². The molecular formula is C14H16Y-2. The summed E-state index contributed by atoms with van der Waals surface area (Å²) in [7, 11) is 0. The minimum absolute atomic E-state index is 0. The molecule has 1 heteroatoms. The van der Waals surface area contributed by atoms with Gasteiger partial charge in [0.2, 0.25) is 0 Å². The minimum Gasteiger partial charge on any atom is -0.356 e. The molecule has 1 aromatic carbocycles. The topological polar surface area (TPSA) is 0 Å². The summed E-state index contributed by atoms with van der Waals surface area (Å²) >= 11 is 0. The summed E-state index contributed by atoms with van der Waals surface area (Å²) in [5.74, 6) is 0. The van der Waals surface area contributed by atoms with E-state index in [0.717, 1.165) is 12.8 Å². The van der Waals surface area contributed by atoms with Crippen molar-refractivity contribution in [2.24, 2.45) is 0 Å². The molecule has 0 saturated carbocycles. The Kier molecular flexibility index (Phi) is 8.75. The molecule has 1 radical (unpaired) electrons. The first kappa shape index (κ1) is 14.7. The zero-order valence-corrected chi connectivity index (χ0v) is 11.9. The van der Waals surface area contributed by atoms with Crippen LogP contribution in [-0.2, 0) is 32.7 Å². The maximum Gasteiger partial charge on any atom is 0 e. The Morgan fingerprint density at radius 3 is 2.40 bits per heavy atom. The molecule has 0 unspecified atom stereocenters. The van der Waals surface area contributed by atoms with E-state index >= 15 is 0 Å².